The molecule has 0 atom stereocenters. The zero-order chi connectivity index (χ0) is 26.5. The Hall–Kier alpha value is -3.28. The van der Waals surface area contributed by atoms with E-state index in [9.17, 15) is 4.79 Å². The van der Waals surface area contributed by atoms with Gasteiger partial charge in [0.25, 0.3) is 0 Å². The van der Waals surface area contributed by atoms with Gasteiger partial charge in [0.2, 0.25) is 0 Å². The molecule has 1 aliphatic rings. The molecule has 3 rings (SSSR count). The van der Waals surface area contributed by atoms with Crippen LogP contribution in [0.2, 0.25) is 0 Å². The smallest absolute Gasteiger partial charge is 0.344 e. The Morgan fingerprint density at radius 2 is 1.76 bits per heavy atom. The number of hydrogen-bond acceptors (Lipinski definition) is 4. The van der Waals surface area contributed by atoms with Crippen molar-refractivity contribution in [2.45, 2.75) is 85.0 Å². The van der Waals surface area contributed by atoms with Crippen LogP contribution in [0.15, 0.2) is 58.9 Å². The molecule has 37 heavy (non-hydrogen) atoms. The van der Waals surface area contributed by atoms with Crippen LogP contribution in [0.4, 0.5) is 0 Å². The third kappa shape index (κ3) is 8.38. The van der Waals surface area contributed by atoms with Gasteiger partial charge in [-0.2, -0.15) is 0 Å². The fraction of sp³-hybridized carbons (Fsp3) is 0.484. The Morgan fingerprint density at radius 3 is 2.43 bits per heavy atom. The van der Waals surface area contributed by atoms with Gasteiger partial charge in [-0.25, -0.2) is 9.79 Å². The molecule has 0 aliphatic carbocycles. The van der Waals surface area contributed by atoms with Crippen LogP contribution in [0.5, 0.6) is 0 Å². The maximum absolute atomic E-state index is 13.0. The van der Waals surface area contributed by atoms with Crippen molar-refractivity contribution in [2.24, 2.45) is 4.99 Å². The number of carbonyl (C=O) groups is 1. The maximum Gasteiger partial charge on any atom is 0.344 e. The van der Waals surface area contributed by atoms with Crippen LogP contribution in [-0.2, 0) is 20.7 Å². The number of unbranched alkanes of at least 4 members (excludes halogenated alkanes) is 7. The summed E-state index contributed by atoms with van der Waals surface area (Å²) in [7, 11) is 0. The predicted molar refractivity (Wildman–Crippen MR) is 152 cm³/mol. The lowest BCUT2D eigenvalue weighted by Gasteiger charge is -2.10. The molecule has 6 nitrogen and oxygen atoms in total. The highest BCUT2D eigenvalue weighted by atomic mass is 16.5. The summed E-state index contributed by atoms with van der Waals surface area (Å²) in [4.78, 5) is 24.6. The Balaban J connectivity index is 1.71. The molecule has 200 valence electrons. The highest BCUT2D eigenvalue weighted by Gasteiger charge is 2.33. The summed E-state index contributed by atoms with van der Waals surface area (Å²) in [6.45, 7) is 10.4. The largest absolute Gasteiger partial charge is 0.490 e. The number of aliphatic imine (C=N–C) groups is 1. The number of nitrogens with one attached hydrogen (secondary N) is 2. The first-order valence-corrected chi connectivity index (χ1v) is 13.9. The van der Waals surface area contributed by atoms with Crippen LogP contribution < -0.4 is 0 Å². The van der Waals surface area contributed by atoms with E-state index in [0.29, 0.717) is 29.3 Å². The van der Waals surface area contributed by atoms with Crippen molar-refractivity contribution in [1.29, 1.82) is 0 Å². The number of aryl methyl sites for hydroxylation is 2. The standard InChI is InChI=1S/C31H43N3O3/c1-5-8-9-10-11-12-13-14-15-16-24-18-19-25(33-24)22-27-30(37-21-6-2)28(31(35)36-7-3)29(34-27)26-20-17-23(4)32-26/h5,17-20,22,32-33H,1,6-16,21H2,2-4H3. The molecule has 2 aromatic rings. The van der Waals surface area contributed by atoms with Gasteiger partial charge in [-0.3, -0.25) is 0 Å². The monoisotopic (exact) mass is 505 g/mol. The zero-order valence-corrected chi connectivity index (χ0v) is 22.8. The van der Waals surface area contributed by atoms with Gasteiger partial charge in [-0.05, 0) is 76.3 Å². The number of hydrogen-bond donors (Lipinski definition) is 2. The molecule has 0 bridgehead atoms. The van der Waals surface area contributed by atoms with Crippen LogP contribution in [-0.4, -0.2) is 34.9 Å². The molecule has 0 saturated carbocycles. The number of rotatable bonds is 17. The van der Waals surface area contributed by atoms with Crippen molar-refractivity contribution in [3.63, 3.8) is 0 Å². The van der Waals surface area contributed by atoms with E-state index in [0.717, 1.165) is 36.3 Å². The Labute approximate surface area is 222 Å². The maximum atomic E-state index is 13.0. The average Bonchev–Trinajstić information content (AvgIpc) is 3.61. The van der Waals surface area contributed by atoms with Gasteiger partial charge in [0.15, 0.2) is 5.76 Å². The second kappa shape index (κ2) is 15.1. The number of allylic oxidation sites excluding steroid dienone is 1. The highest BCUT2D eigenvalue weighted by molar-refractivity contribution is 6.29. The van der Waals surface area contributed by atoms with Crippen molar-refractivity contribution >= 4 is 17.8 Å². The summed E-state index contributed by atoms with van der Waals surface area (Å²) >= 11 is 0. The van der Waals surface area contributed by atoms with E-state index >= 15 is 0 Å². The molecule has 1 aliphatic heterocycles. The summed E-state index contributed by atoms with van der Waals surface area (Å²) in [6, 6.07) is 8.10. The van der Waals surface area contributed by atoms with E-state index in [-0.39, 0.29) is 6.61 Å². The van der Waals surface area contributed by atoms with Crippen LogP contribution in [0.25, 0.3) is 6.08 Å². The van der Waals surface area contributed by atoms with Gasteiger partial charge in [-0.1, -0.05) is 45.1 Å². The fourth-order valence-corrected chi connectivity index (χ4v) is 4.46. The third-order valence-corrected chi connectivity index (χ3v) is 6.36. The Kier molecular flexibility index (Phi) is 11.5. The minimum Gasteiger partial charge on any atom is -0.490 e. The minimum absolute atomic E-state index is 0.286. The van der Waals surface area contributed by atoms with E-state index in [1.165, 1.54) is 50.6 Å². The van der Waals surface area contributed by atoms with E-state index in [2.05, 4.69) is 28.7 Å². The van der Waals surface area contributed by atoms with Gasteiger partial charge in [0.1, 0.15) is 17.0 Å². The lowest BCUT2D eigenvalue weighted by molar-refractivity contribution is -0.138. The number of nitrogens with zero attached hydrogens (tertiary/aromatic N) is 1. The average molecular weight is 506 g/mol. The Bertz CT molecular complexity index is 1120. The van der Waals surface area contributed by atoms with Crippen LogP contribution in [0.3, 0.4) is 0 Å². The normalized spacial score (nSPS) is 14.4. The fourth-order valence-electron chi connectivity index (χ4n) is 4.46. The molecule has 2 aromatic heterocycles. The van der Waals surface area contributed by atoms with Gasteiger partial charge in [-0.15, -0.1) is 6.58 Å². The van der Waals surface area contributed by atoms with Gasteiger partial charge < -0.3 is 19.4 Å². The van der Waals surface area contributed by atoms with Crippen molar-refractivity contribution in [1.82, 2.24) is 9.97 Å². The molecule has 0 saturated heterocycles. The molecule has 0 amide bonds. The summed E-state index contributed by atoms with van der Waals surface area (Å²) in [5.74, 6) is 0.0580. The summed E-state index contributed by atoms with van der Waals surface area (Å²) < 4.78 is 11.5. The number of ether oxygens (including phenoxy) is 2. The molecule has 3 heterocycles. The molecule has 0 radical (unpaired) electrons. The highest BCUT2D eigenvalue weighted by Crippen LogP contribution is 2.32. The molecule has 0 unspecified atom stereocenters. The number of H-pyrrole nitrogens is 2. The van der Waals surface area contributed by atoms with E-state index in [1.807, 2.05) is 38.1 Å². The minimum atomic E-state index is -0.420. The second-order valence-corrected chi connectivity index (χ2v) is 9.56. The first kappa shape index (κ1) is 28.3. The SMILES string of the molecule is C=CCCCCCCCCCc1ccc(C=C2N=C(c3ccc(C)[nH]3)C(C(=O)OCC)=C2OCCC)[nH]1. The number of carbonyl (C=O) groups excluding carboxylic acids is 1. The molecule has 6 heteroatoms. The topological polar surface area (TPSA) is 79.5 Å². The van der Waals surface area contributed by atoms with E-state index in [4.69, 9.17) is 14.5 Å². The van der Waals surface area contributed by atoms with Crippen LogP contribution in [0.1, 0.15) is 94.4 Å². The lowest BCUT2D eigenvalue weighted by atomic mass is 10.1. The third-order valence-electron chi connectivity index (χ3n) is 6.36. The summed E-state index contributed by atoms with van der Waals surface area (Å²) in [5, 5.41) is 0. The van der Waals surface area contributed by atoms with Gasteiger partial charge in [0.05, 0.1) is 18.9 Å². The quantitative estimate of drug-likeness (QED) is 0.132. The molecule has 0 aromatic carbocycles. The zero-order valence-electron chi connectivity index (χ0n) is 22.8. The lowest BCUT2D eigenvalue weighted by Crippen LogP contribution is -2.17. The molecule has 2 N–H and O–H groups in total. The van der Waals surface area contributed by atoms with E-state index in [1.54, 1.807) is 6.92 Å². The van der Waals surface area contributed by atoms with Crippen molar-refractivity contribution < 1.29 is 14.3 Å². The molecule has 0 spiro atoms. The van der Waals surface area contributed by atoms with Crippen molar-refractivity contribution in [3.05, 3.63) is 76.7 Å². The van der Waals surface area contributed by atoms with Crippen molar-refractivity contribution in [2.75, 3.05) is 13.2 Å². The molecule has 0 fully saturated rings. The summed E-state index contributed by atoms with van der Waals surface area (Å²) in [6.07, 6.45) is 15.9. The van der Waals surface area contributed by atoms with Gasteiger partial charge >= 0.3 is 5.97 Å². The first-order chi connectivity index (χ1) is 18.1. The molecular formula is C31H43N3O3. The van der Waals surface area contributed by atoms with Gasteiger partial charge in [0, 0.05) is 17.1 Å². The number of aromatic nitrogens is 2. The first-order valence-electron chi connectivity index (χ1n) is 13.9. The Morgan fingerprint density at radius 1 is 1.00 bits per heavy atom. The molecular weight excluding hydrogens is 462 g/mol. The van der Waals surface area contributed by atoms with E-state index < -0.39 is 5.97 Å². The second-order valence-electron chi connectivity index (χ2n) is 9.56. The summed E-state index contributed by atoms with van der Waals surface area (Å²) in [5.41, 5.74) is 5.49. The number of aromatic amines is 2. The van der Waals surface area contributed by atoms with Crippen molar-refractivity contribution in [3.8, 4) is 0 Å². The van der Waals surface area contributed by atoms with Crippen LogP contribution in [0, 0.1) is 6.92 Å². The number of esters is 1. The van der Waals surface area contributed by atoms with Crippen LogP contribution >= 0.6 is 0 Å². The predicted octanol–water partition coefficient (Wildman–Crippen LogP) is 7.59.